The molecule has 0 N–H and O–H groups in total. The minimum absolute atomic E-state index is 0.163. The summed E-state index contributed by atoms with van der Waals surface area (Å²) in [6, 6.07) is 6.74. The lowest BCUT2D eigenvalue weighted by Crippen LogP contribution is -2.20. The van der Waals surface area contributed by atoms with Gasteiger partial charge in [0.15, 0.2) is 0 Å². The van der Waals surface area contributed by atoms with Gasteiger partial charge in [0.05, 0.1) is 0 Å². The highest BCUT2D eigenvalue weighted by Crippen LogP contribution is 2.07. The van der Waals surface area contributed by atoms with Crippen LogP contribution in [0.1, 0.15) is 25.8 Å². The van der Waals surface area contributed by atoms with Crippen LogP contribution >= 0.6 is 0 Å². The van der Waals surface area contributed by atoms with E-state index in [0.29, 0.717) is 0 Å². The zero-order valence-electron chi connectivity index (χ0n) is 9.83. The Morgan fingerprint density at radius 3 is 2.33 bits per heavy atom. The molecule has 0 atom stereocenters. The molecule has 1 aromatic carbocycles. The van der Waals surface area contributed by atoms with E-state index in [0.717, 1.165) is 19.0 Å². The van der Waals surface area contributed by atoms with E-state index in [-0.39, 0.29) is 5.82 Å². The van der Waals surface area contributed by atoms with Gasteiger partial charge in [-0.15, -0.1) is 0 Å². The first-order valence-corrected chi connectivity index (χ1v) is 5.51. The molecule has 0 radical (unpaired) electrons. The van der Waals surface area contributed by atoms with Crippen molar-refractivity contribution in [3.05, 3.63) is 35.6 Å². The van der Waals surface area contributed by atoms with Crippen LogP contribution in [0.5, 0.6) is 0 Å². The molecule has 0 fully saturated rings. The summed E-state index contributed by atoms with van der Waals surface area (Å²) in [6.45, 7) is 6.44. The molecule has 1 rings (SSSR count). The van der Waals surface area contributed by atoms with Gasteiger partial charge >= 0.3 is 0 Å². The van der Waals surface area contributed by atoms with Crippen molar-refractivity contribution in [2.24, 2.45) is 5.92 Å². The molecule has 1 aromatic rings. The Balaban J connectivity index is 2.37. The molecule has 0 saturated carbocycles. The van der Waals surface area contributed by atoms with Crippen LogP contribution in [0.3, 0.4) is 0 Å². The molecule has 2 heteroatoms. The Bertz CT molecular complexity index is 279. The minimum atomic E-state index is -0.163. The summed E-state index contributed by atoms with van der Waals surface area (Å²) < 4.78 is 12.7. The highest BCUT2D eigenvalue weighted by molar-refractivity contribution is 5.15. The number of rotatable bonds is 5. The van der Waals surface area contributed by atoms with E-state index in [2.05, 4.69) is 25.8 Å². The average Bonchev–Trinajstić information content (AvgIpc) is 2.19. The summed E-state index contributed by atoms with van der Waals surface area (Å²) in [5.41, 5.74) is 1.17. The lowest BCUT2D eigenvalue weighted by Gasteiger charge is -2.17. The van der Waals surface area contributed by atoms with Gasteiger partial charge in [0, 0.05) is 6.54 Å². The molecule has 0 spiro atoms. The van der Waals surface area contributed by atoms with Crippen LogP contribution in [0.25, 0.3) is 0 Å². The fraction of sp³-hybridized carbons (Fsp3) is 0.538. The average molecular weight is 209 g/mol. The Morgan fingerprint density at radius 2 is 1.80 bits per heavy atom. The van der Waals surface area contributed by atoms with Crippen molar-refractivity contribution in [1.82, 2.24) is 4.90 Å². The number of nitrogens with zero attached hydrogens (tertiary/aromatic N) is 1. The summed E-state index contributed by atoms with van der Waals surface area (Å²) in [5.74, 6) is 0.573. The maximum Gasteiger partial charge on any atom is 0.123 e. The Kier molecular flexibility index (Phi) is 4.76. The van der Waals surface area contributed by atoms with Crippen molar-refractivity contribution in [3.63, 3.8) is 0 Å². The molecular weight excluding hydrogens is 189 g/mol. The standard InChI is InChI=1S/C13H20FN/c1-11(2)8-9-15(3)10-12-4-6-13(14)7-5-12/h4-7,11H,8-10H2,1-3H3. The second kappa shape index (κ2) is 5.86. The Morgan fingerprint density at radius 1 is 1.20 bits per heavy atom. The van der Waals surface area contributed by atoms with Gasteiger partial charge < -0.3 is 4.90 Å². The predicted molar refractivity (Wildman–Crippen MR) is 62.2 cm³/mol. The van der Waals surface area contributed by atoms with Gasteiger partial charge in [0.25, 0.3) is 0 Å². The molecule has 0 aliphatic heterocycles. The quantitative estimate of drug-likeness (QED) is 0.719. The molecule has 0 heterocycles. The van der Waals surface area contributed by atoms with Crippen LogP contribution in [0, 0.1) is 11.7 Å². The molecule has 0 unspecified atom stereocenters. The molecule has 0 aliphatic carbocycles. The van der Waals surface area contributed by atoms with E-state index < -0.39 is 0 Å². The van der Waals surface area contributed by atoms with Gasteiger partial charge in [-0.25, -0.2) is 4.39 Å². The lowest BCUT2D eigenvalue weighted by molar-refractivity contribution is 0.303. The lowest BCUT2D eigenvalue weighted by atomic mass is 10.1. The summed E-state index contributed by atoms with van der Waals surface area (Å²) in [4.78, 5) is 2.27. The van der Waals surface area contributed by atoms with Crippen molar-refractivity contribution in [2.75, 3.05) is 13.6 Å². The normalized spacial score (nSPS) is 11.3. The van der Waals surface area contributed by atoms with Crippen LogP contribution < -0.4 is 0 Å². The van der Waals surface area contributed by atoms with Gasteiger partial charge in [0.2, 0.25) is 0 Å². The fourth-order valence-electron chi connectivity index (χ4n) is 1.46. The van der Waals surface area contributed by atoms with E-state index in [1.54, 1.807) is 0 Å². The highest BCUT2D eigenvalue weighted by atomic mass is 19.1. The molecule has 0 aromatic heterocycles. The van der Waals surface area contributed by atoms with Crippen LogP contribution in [0.4, 0.5) is 4.39 Å². The molecule has 0 bridgehead atoms. The van der Waals surface area contributed by atoms with Crippen LogP contribution in [-0.4, -0.2) is 18.5 Å². The maximum atomic E-state index is 12.7. The molecule has 84 valence electrons. The third kappa shape index (κ3) is 4.93. The molecule has 0 aliphatic rings. The first-order chi connectivity index (χ1) is 7.08. The van der Waals surface area contributed by atoms with E-state index in [1.807, 2.05) is 12.1 Å². The highest BCUT2D eigenvalue weighted by Gasteiger charge is 2.02. The van der Waals surface area contributed by atoms with E-state index >= 15 is 0 Å². The largest absolute Gasteiger partial charge is 0.302 e. The second-order valence-electron chi connectivity index (χ2n) is 4.55. The second-order valence-corrected chi connectivity index (χ2v) is 4.55. The summed E-state index contributed by atoms with van der Waals surface area (Å²) in [5, 5.41) is 0. The fourth-order valence-corrected chi connectivity index (χ4v) is 1.46. The summed E-state index contributed by atoms with van der Waals surface area (Å²) in [6.07, 6.45) is 1.21. The van der Waals surface area contributed by atoms with Gasteiger partial charge in [-0.05, 0) is 43.6 Å². The predicted octanol–water partition coefficient (Wildman–Crippen LogP) is 3.30. The van der Waals surface area contributed by atoms with E-state index in [4.69, 9.17) is 0 Å². The van der Waals surface area contributed by atoms with Gasteiger partial charge in [0.1, 0.15) is 5.82 Å². The topological polar surface area (TPSA) is 3.24 Å². The minimum Gasteiger partial charge on any atom is -0.302 e. The molecule has 0 saturated heterocycles. The van der Waals surface area contributed by atoms with Crippen molar-refractivity contribution >= 4 is 0 Å². The smallest absolute Gasteiger partial charge is 0.123 e. The number of hydrogen-bond acceptors (Lipinski definition) is 1. The van der Waals surface area contributed by atoms with Crippen molar-refractivity contribution in [3.8, 4) is 0 Å². The van der Waals surface area contributed by atoms with Crippen molar-refractivity contribution in [1.29, 1.82) is 0 Å². The van der Waals surface area contributed by atoms with E-state index in [9.17, 15) is 4.39 Å². The Labute approximate surface area is 91.9 Å². The third-order valence-electron chi connectivity index (χ3n) is 2.45. The van der Waals surface area contributed by atoms with Gasteiger partial charge in [-0.3, -0.25) is 0 Å². The number of halogens is 1. The zero-order valence-corrected chi connectivity index (χ0v) is 9.83. The SMILES string of the molecule is CC(C)CCN(C)Cc1ccc(F)cc1. The van der Waals surface area contributed by atoms with Crippen LogP contribution in [0.15, 0.2) is 24.3 Å². The van der Waals surface area contributed by atoms with Crippen LogP contribution in [0.2, 0.25) is 0 Å². The monoisotopic (exact) mass is 209 g/mol. The third-order valence-corrected chi connectivity index (χ3v) is 2.45. The number of hydrogen-bond donors (Lipinski definition) is 0. The first kappa shape index (κ1) is 12.2. The number of benzene rings is 1. The molecule has 0 amide bonds. The van der Waals surface area contributed by atoms with Gasteiger partial charge in [-0.2, -0.15) is 0 Å². The summed E-state index contributed by atoms with van der Waals surface area (Å²) >= 11 is 0. The Hall–Kier alpha value is -0.890. The maximum absolute atomic E-state index is 12.7. The zero-order chi connectivity index (χ0) is 11.3. The molecule has 1 nitrogen and oxygen atoms in total. The molecular formula is C13H20FN. The first-order valence-electron chi connectivity index (χ1n) is 5.51. The van der Waals surface area contributed by atoms with Gasteiger partial charge in [-0.1, -0.05) is 26.0 Å². The van der Waals surface area contributed by atoms with Crippen molar-refractivity contribution < 1.29 is 4.39 Å². The van der Waals surface area contributed by atoms with Crippen molar-refractivity contribution in [2.45, 2.75) is 26.8 Å². The van der Waals surface area contributed by atoms with Crippen LogP contribution in [-0.2, 0) is 6.54 Å². The van der Waals surface area contributed by atoms with E-state index in [1.165, 1.54) is 24.1 Å². The molecule has 15 heavy (non-hydrogen) atoms. The summed E-state index contributed by atoms with van der Waals surface area (Å²) in [7, 11) is 2.10.